The Morgan fingerprint density at radius 1 is 1.40 bits per heavy atom. The van der Waals surface area contributed by atoms with Crippen molar-refractivity contribution in [3.63, 3.8) is 0 Å². The van der Waals surface area contributed by atoms with Crippen LogP contribution in [0.2, 0.25) is 0 Å². The Bertz CT molecular complexity index is 263. The Balaban J connectivity index is 1.91. The van der Waals surface area contributed by atoms with Gasteiger partial charge in [-0.15, -0.1) is 11.8 Å². The zero-order valence-corrected chi connectivity index (χ0v) is 9.92. The second-order valence-electron chi connectivity index (χ2n) is 4.73. The van der Waals surface area contributed by atoms with E-state index in [4.69, 9.17) is 0 Å². The van der Waals surface area contributed by atoms with Gasteiger partial charge < -0.3 is 5.32 Å². The molecule has 0 bridgehead atoms. The van der Waals surface area contributed by atoms with E-state index in [0.717, 1.165) is 24.3 Å². The number of rotatable bonds is 3. The first-order chi connectivity index (χ1) is 7.36. The molecule has 84 valence electrons. The van der Waals surface area contributed by atoms with Crippen LogP contribution in [0.4, 0.5) is 0 Å². The largest absolute Gasteiger partial charge is 0.316 e. The van der Waals surface area contributed by atoms with Crippen molar-refractivity contribution in [1.29, 1.82) is 0 Å². The monoisotopic (exact) mass is 206 g/mol. The van der Waals surface area contributed by atoms with Gasteiger partial charge in [0.1, 0.15) is 0 Å². The Kier molecular flexibility index (Phi) is 3.66. The molecule has 1 N–H and O–H groups in total. The van der Waals surface area contributed by atoms with Crippen molar-refractivity contribution in [1.82, 2.24) is 10.2 Å². The highest BCUT2D eigenvalue weighted by Crippen LogP contribution is 2.33. The minimum Gasteiger partial charge on any atom is -0.316 e. The van der Waals surface area contributed by atoms with Crippen LogP contribution in [-0.2, 0) is 0 Å². The van der Waals surface area contributed by atoms with Crippen molar-refractivity contribution in [3.8, 4) is 11.8 Å². The van der Waals surface area contributed by atoms with Gasteiger partial charge in [-0.25, -0.2) is 0 Å². The quantitative estimate of drug-likeness (QED) is 0.701. The van der Waals surface area contributed by atoms with Gasteiger partial charge in [0.2, 0.25) is 0 Å². The lowest BCUT2D eigenvalue weighted by molar-refractivity contribution is 0.223. The summed E-state index contributed by atoms with van der Waals surface area (Å²) in [6, 6.07) is 0.809. The smallest absolute Gasteiger partial charge is 0.0217 e. The number of hydrogen-bond donors (Lipinski definition) is 1. The third kappa shape index (κ3) is 2.19. The van der Waals surface area contributed by atoms with E-state index in [9.17, 15) is 0 Å². The van der Waals surface area contributed by atoms with Crippen molar-refractivity contribution in [2.24, 2.45) is 11.8 Å². The van der Waals surface area contributed by atoms with E-state index in [1.165, 1.54) is 32.6 Å². The predicted molar refractivity (Wildman–Crippen MR) is 63.6 cm³/mol. The summed E-state index contributed by atoms with van der Waals surface area (Å²) in [5, 5.41) is 3.52. The molecule has 2 aliphatic rings. The molecule has 0 aromatic carbocycles. The molecule has 0 saturated carbocycles. The van der Waals surface area contributed by atoms with Crippen molar-refractivity contribution in [2.45, 2.75) is 32.7 Å². The first-order valence-corrected chi connectivity index (χ1v) is 6.21. The summed E-state index contributed by atoms with van der Waals surface area (Å²) in [7, 11) is 0. The lowest BCUT2D eigenvalue weighted by Crippen LogP contribution is -2.35. The Morgan fingerprint density at radius 3 is 3.00 bits per heavy atom. The highest BCUT2D eigenvalue weighted by molar-refractivity contribution is 5.00. The molecule has 0 aromatic rings. The average molecular weight is 206 g/mol. The Labute approximate surface area is 93.4 Å². The van der Waals surface area contributed by atoms with Crippen LogP contribution >= 0.6 is 0 Å². The maximum absolute atomic E-state index is 3.52. The minimum absolute atomic E-state index is 0.809. The summed E-state index contributed by atoms with van der Waals surface area (Å²) in [5.74, 6) is 7.98. The van der Waals surface area contributed by atoms with Crippen LogP contribution in [-0.4, -0.2) is 37.1 Å². The van der Waals surface area contributed by atoms with Crippen LogP contribution in [0, 0.1) is 23.7 Å². The molecule has 0 amide bonds. The molecular formula is C13H22N2. The molecule has 2 nitrogen and oxygen atoms in total. The summed E-state index contributed by atoms with van der Waals surface area (Å²) in [6.45, 7) is 9.19. The molecule has 0 radical (unpaired) electrons. The van der Waals surface area contributed by atoms with Gasteiger partial charge >= 0.3 is 0 Å². The fourth-order valence-corrected chi connectivity index (χ4v) is 3.25. The predicted octanol–water partition coefficient (Wildman–Crippen LogP) is 1.33. The lowest BCUT2D eigenvalue weighted by atomic mass is 9.93. The van der Waals surface area contributed by atoms with Crippen molar-refractivity contribution < 1.29 is 0 Å². The van der Waals surface area contributed by atoms with Gasteiger partial charge in [-0.05, 0) is 38.3 Å². The molecule has 0 spiro atoms. The van der Waals surface area contributed by atoms with Crippen molar-refractivity contribution >= 4 is 0 Å². The molecular weight excluding hydrogens is 184 g/mol. The molecule has 2 heteroatoms. The zero-order chi connectivity index (χ0) is 10.7. The number of fused-ring (bicyclic) bond motifs is 1. The first-order valence-electron chi connectivity index (χ1n) is 6.21. The van der Waals surface area contributed by atoms with Crippen LogP contribution in [0.3, 0.4) is 0 Å². The van der Waals surface area contributed by atoms with Crippen molar-refractivity contribution in [2.75, 3.05) is 26.2 Å². The molecule has 2 aliphatic heterocycles. The third-order valence-electron chi connectivity index (χ3n) is 3.94. The third-order valence-corrected chi connectivity index (χ3v) is 3.94. The lowest BCUT2D eigenvalue weighted by Gasteiger charge is -2.25. The van der Waals surface area contributed by atoms with Gasteiger partial charge in [-0.2, -0.15) is 0 Å². The van der Waals surface area contributed by atoms with E-state index in [1.807, 2.05) is 6.92 Å². The summed E-state index contributed by atoms with van der Waals surface area (Å²) < 4.78 is 0. The van der Waals surface area contributed by atoms with E-state index >= 15 is 0 Å². The van der Waals surface area contributed by atoms with Gasteiger partial charge in [-0.3, -0.25) is 4.90 Å². The fraction of sp³-hybridized carbons (Fsp3) is 0.846. The van der Waals surface area contributed by atoms with Crippen LogP contribution in [0.1, 0.15) is 26.7 Å². The number of hydrogen-bond acceptors (Lipinski definition) is 2. The topological polar surface area (TPSA) is 15.3 Å². The molecule has 3 unspecified atom stereocenters. The summed E-state index contributed by atoms with van der Waals surface area (Å²) in [5.41, 5.74) is 0. The standard InChI is InChI=1S/C13H22N2/c1-3-5-6-7-15-10-11-8-14-9-12(11)13(15)4-2/h11-14H,4,6-10H2,1-2H3. The van der Waals surface area contributed by atoms with Gasteiger partial charge in [0.25, 0.3) is 0 Å². The number of likely N-dealkylation sites (tertiary alicyclic amines) is 1. The molecule has 2 rings (SSSR count). The van der Waals surface area contributed by atoms with E-state index in [0.29, 0.717) is 0 Å². The zero-order valence-electron chi connectivity index (χ0n) is 9.92. The van der Waals surface area contributed by atoms with Crippen LogP contribution < -0.4 is 5.32 Å². The highest BCUT2D eigenvalue weighted by atomic mass is 15.2. The summed E-state index contributed by atoms with van der Waals surface area (Å²) in [6.07, 6.45) is 2.34. The second kappa shape index (κ2) is 5.01. The van der Waals surface area contributed by atoms with Crippen molar-refractivity contribution in [3.05, 3.63) is 0 Å². The van der Waals surface area contributed by atoms with E-state index in [-0.39, 0.29) is 0 Å². The minimum atomic E-state index is 0.809. The molecule has 2 saturated heterocycles. The second-order valence-corrected chi connectivity index (χ2v) is 4.73. The van der Waals surface area contributed by atoms with E-state index in [2.05, 4.69) is 29.0 Å². The van der Waals surface area contributed by atoms with Crippen LogP contribution in [0.25, 0.3) is 0 Å². The Hall–Kier alpha value is -0.520. The molecule has 15 heavy (non-hydrogen) atoms. The molecule has 0 aromatic heterocycles. The molecule has 2 fully saturated rings. The van der Waals surface area contributed by atoms with Gasteiger partial charge in [0.15, 0.2) is 0 Å². The summed E-state index contributed by atoms with van der Waals surface area (Å²) >= 11 is 0. The fourth-order valence-electron chi connectivity index (χ4n) is 3.25. The average Bonchev–Trinajstić information content (AvgIpc) is 2.77. The molecule has 0 aliphatic carbocycles. The SMILES string of the molecule is CC#CCCN1CC2CNCC2C1CC. The molecule has 3 atom stereocenters. The van der Waals surface area contributed by atoms with E-state index < -0.39 is 0 Å². The van der Waals surface area contributed by atoms with Gasteiger partial charge in [0, 0.05) is 25.6 Å². The normalized spacial score (nSPS) is 34.9. The van der Waals surface area contributed by atoms with Crippen LogP contribution in [0.5, 0.6) is 0 Å². The van der Waals surface area contributed by atoms with Gasteiger partial charge in [-0.1, -0.05) is 6.92 Å². The molecule has 2 heterocycles. The maximum Gasteiger partial charge on any atom is 0.0217 e. The Morgan fingerprint density at radius 2 is 2.27 bits per heavy atom. The van der Waals surface area contributed by atoms with Gasteiger partial charge in [0.05, 0.1) is 0 Å². The van der Waals surface area contributed by atoms with Crippen LogP contribution in [0.15, 0.2) is 0 Å². The number of nitrogens with one attached hydrogen (secondary N) is 1. The summed E-state index contributed by atoms with van der Waals surface area (Å²) in [4.78, 5) is 2.67. The highest BCUT2D eigenvalue weighted by Gasteiger charge is 2.42. The first kappa shape index (κ1) is 11.0. The van der Waals surface area contributed by atoms with E-state index in [1.54, 1.807) is 0 Å². The number of nitrogens with zero attached hydrogens (tertiary/aromatic N) is 1. The maximum atomic E-state index is 3.52.